The number of likely N-dealkylation sites (N-methyl/N-ethyl adjacent to an activating group) is 1. The van der Waals surface area contributed by atoms with E-state index in [1.807, 2.05) is 12.1 Å². The van der Waals surface area contributed by atoms with E-state index in [-0.39, 0.29) is 16.4 Å². The topological polar surface area (TPSA) is 104 Å². The number of aryl methyl sites for hydroxylation is 2. The Bertz CT molecular complexity index is 1020. The maximum Gasteiger partial charge on any atom is 0.261 e. The average molecular weight is 446 g/mol. The second kappa shape index (κ2) is 10.9. The zero-order valence-corrected chi connectivity index (χ0v) is 19.3. The van der Waals surface area contributed by atoms with Gasteiger partial charge in [0.1, 0.15) is 6.04 Å². The molecule has 0 aliphatic rings. The predicted molar refractivity (Wildman–Crippen MR) is 123 cm³/mol. The SMILES string of the molecule is CCCCc1ccc(NS(=O)(=O)c2ccc(C)c(C(=O)N[C@H](C)C(=O)NCC)c2)cc1. The molecule has 0 saturated heterocycles. The molecule has 0 radical (unpaired) electrons. The summed E-state index contributed by atoms with van der Waals surface area (Å²) in [5.74, 6) is -0.810. The fraction of sp³-hybridized carbons (Fsp3) is 0.391. The van der Waals surface area contributed by atoms with Crippen LogP contribution in [0.15, 0.2) is 47.4 Å². The molecule has 1 atom stereocenters. The molecule has 3 N–H and O–H groups in total. The van der Waals surface area contributed by atoms with Gasteiger partial charge < -0.3 is 10.6 Å². The van der Waals surface area contributed by atoms with E-state index in [0.29, 0.717) is 17.8 Å². The van der Waals surface area contributed by atoms with Gasteiger partial charge in [-0.25, -0.2) is 8.42 Å². The number of sulfonamides is 1. The molecule has 8 heteroatoms. The van der Waals surface area contributed by atoms with Crippen molar-refractivity contribution in [2.75, 3.05) is 11.3 Å². The molecule has 168 valence electrons. The molecule has 0 saturated carbocycles. The van der Waals surface area contributed by atoms with Crippen molar-refractivity contribution in [1.29, 1.82) is 0 Å². The number of rotatable bonds is 10. The highest BCUT2D eigenvalue weighted by Gasteiger charge is 2.21. The second-order valence-corrected chi connectivity index (χ2v) is 9.15. The van der Waals surface area contributed by atoms with Gasteiger partial charge in [0.15, 0.2) is 0 Å². The van der Waals surface area contributed by atoms with Crippen molar-refractivity contribution < 1.29 is 18.0 Å². The van der Waals surface area contributed by atoms with Crippen LogP contribution in [-0.4, -0.2) is 32.8 Å². The summed E-state index contributed by atoms with van der Waals surface area (Å²) in [5.41, 5.74) is 2.42. The van der Waals surface area contributed by atoms with Crippen molar-refractivity contribution in [2.45, 2.75) is 57.9 Å². The lowest BCUT2D eigenvalue weighted by Crippen LogP contribution is -2.44. The van der Waals surface area contributed by atoms with E-state index >= 15 is 0 Å². The van der Waals surface area contributed by atoms with E-state index in [0.717, 1.165) is 24.8 Å². The van der Waals surface area contributed by atoms with Crippen LogP contribution in [0.4, 0.5) is 5.69 Å². The van der Waals surface area contributed by atoms with Gasteiger partial charge in [-0.2, -0.15) is 0 Å². The first-order valence-electron chi connectivity index (χ1n) is 10.5. The summed E-state index contributed by atoms with van der Waals surface area (Å²) in [6, 6.07) is 10.9. The number of carbonyl (C=O) groups excluding carboxylic acids is 2. The smallest absolute Gasteiger partial charge is 0.261 e. The highest BCUT2D eigenvalue weighted by atomic mass is 32.2. The van der Waals surface area contributed by atoms with Crippen molar-refractivity contribution in [1.82, 2.24) is 10.6 Å². The van der Waals surface area contributed by atoms with Crippen LogP contribution in [0.3, 0.4) is 0 Å². The standard InChI is InChI=1S/C23H31N3O4S/c1-5-7-8-18-10-12-19(13-11-18)26-31(29,30)20-14-9-16(3)21(15-20)23(28)25-17(4)22(27)24-6-2/h9-15,17,26H,5-8H2,1-4H3,(H,24,27)(H,25,28)/t17-/m1/s1. The zero-order valence-electron chi connectivity index (χ0n) is 18.5. The van der Waals surface area contributed by atoms with Gasteiger partial charge in [-0.3, -0.25) is 14.3 Å². The van der Waals surface area contributed by atoms with Crippen molar-refractivity contribution >= 4 is 27.5 Å². The number of anilines is 1. The molecule has 0 aliphatic heterocycles. The van der Waals surface area contributed by atoms with Crippen molar-refractivity contribution in [3.63, 3.8) is 0 Å². The number of carbonyl (C=O) groups is 2. The van der Waals surface area contributed by atoms with E-state index in [9.17, 15) is 18.0 Å². The van der Waals surface area contributed by atoms with E-state index < -0.39 is 22.0 Å². The summed E-state index contributed by atoms with van der Waals surface area (Å²) in [6.45, 7) is 7.65. The van der Waals surface area contributed by atoms with E-state index in [1.165, 1.54) is 12.1 Å². The second-order valence-electron chi connectivity index (χ2n) is 7.47. The van der Waals surface area contributed by atoms with Crippen LogP contribution in [0, 0.1) is 6.92 Å². The number of nitrogens with one attached hydrogen (secondary N) is 3. The fourth-order valence-electron chi connectivity index (χ4n) is 3.01. The molecule has 0 heterocycles. The third-order valence-electron chi connectivity index (χ3n) is 4.88. The van der Waals surface area contributed by atoms with Crippen LogP contribution >= 0.6 is 0 Å². The maximum absolute atomic E-state index is 12.9. The third kappa shape index (κ3) is 6.82. The van der Waals surface area contributed by atoms with Gasteiger partial charge in [0.25, 0.3) is 15.9 Å². The molecule has 0 bridgehead atoms. The lowest BCUT2D eigenvalue weighted by Gasteiger charge is -2.15. The Labute approximate surface area is 184 Å². The number of hydrogen-bond acceptors (Lipinski definition) is 4. The molecule has 2 amide bonds. The number of hydrogen-bond donors (Lipinski definition) is 3. The molecule has 2 aromatic rings. The van der Waals surface area contributed by atoms with Crippen LogP contribution in [0.5, 0.6) is 0 Å². The van der Waals surface area contributed by atoms with Gasteiger partial charge >= 0.3 is 0 Å². The zero-order chi connectivity index (χ0) is 23.0. The molecule has 0 fully saturated rings. The van der Waals surface area contributed by atoms with Crippen molar-refractivity contribution in [3.05, 3.63) is 59.2 Å². The Balaban J connectivity index is 2.18. The predicted octanol–water partition coefficient (Wildman–Crippen LogP) is 3.39. The summed E-state index contributed by atoms with van der Waals surface area (Å²) in [7, 11) is -3.88. The Hall–Kier alpha value is -2.87. The third-order valence-corrected chi connectivity index (χ3v) is 6.26. The molecule has 7 nitrogen and oxygen atoms in total. The Morgan fingerprint density at radius 2 is 1.71 bits per heavy atom. The Morgan fingerprint density at radius 1 is 1.03 bits per heavy atom. The van der Waals surface area contributed by atoms with Gasteiger partial charge in [0.05, 0.1) is 4.90 Å². The first kappa shape index (κ1) is 24.4. The largest absolute Gasteiger partial charge is 0.355 e. The molecule has 2 aromatic carbocycles. The van der Waals surface area contributed by atoms with Crippen LogP contribution in [-0.2, 0) is 21.2 Å². The summed E-state index contributed by atoms with van der Waals surface area (Å²) < 4.78 is 28.3. The fourth-order valence-corrected chi connectivity index (χ4v) is 4.10. The molecular weight excluding hydrogens is 414 g/mol. The monoisotopic (exact) mass is 445 g/mol. The van der Waals surface area contributed by atoms with Crippen LogP contribution in [0.1, 0.15) is 55.1 Å². The number of amides is 2. The minimum Gasteiger partial charge on any atom is -0.355 e. The van der Waals surface area contributed by atoms with Crippen LogP contribution < -0.4 is 15.4 Å². The molecule has 0 aliphatic carbocycles. The van der Waals surface area contributed by atoms with E-state index in [1.54, 1.807) is 39.0 Å². The molecule has 0 unspecified atom stereocenters. The maximum atomic E-state index is 12.9. The molecule has 0 spiro atoms. The van der Waals surface area contributed by atoms with Crippen LogP contribution in [0.2, 0.25) is 0 Å². The molecular formula is C23H31N3O4S. The van der Waals surface area contributed by atoms with Gasteiger partial charge in [0, 0.05) is 17.8 Å². The first-order chi connectivity index (χ1) is 14.7. The van der Waals surface area contributed by atoms with Gasteiger partial charge in [-0.05, 0) is 69.0 Å². The highest BCUT2D eigenvalue weighted by Crippen LogP contribution is 2.20. The first-order valence-corrected chi connectivity index (χ1v) is 12.0. The van der Waals surface area contributed by atoms with Crippen molar-refractivity contribution in [2.24, 2.45) is 0 Å². The molecule has 31 heavy (non-hydrogen) atoms. The lowest BCUT2D eigenvalue weighted by atomic mass is 10.1. The lowest BCUT2D eigenvalue weighted by molar-refractivity contribution is -0.122. The Morgan fingerprint density at radius 3 is 2.32 bits per heavy atom. The summed E-state index contributed by atoms with van der Waals surface area (Å²) in [4.78, 5) is 24.5. The average Bonchev–Trinajstić information content (AvgIpc) is 2.73. The summed E-state index contributed by atoms with van der Waals surface area (Å²) in [5, 5.41) is 5.24. The summed E-state index contributed by atoms with van der Waals surface area (Å²) >= 11 is 0. The van der Waals surface area contributed by atoms with Gasteiger partial charge in [0.2, 0.25) is 5.91 Å². The van der Waals surface area contributed by atoms with Crippen LogP contribution in [0.25, 0.3) is 0 Å². The number of unbranched alkanes of at least 4 members (excludes halogenated alkanes) is 1. The summed E-state index contributed by atoms with van der Waals surface area (Å²) in [6.07, 6.45) is 3.13. The minimum absolute atomic E-state index is 0.0241. The number of benzene rings is 2. The minimum atomic E-state index is -3.88. The van der Waals surface area contributed by atoms with Gasteiger partial charge in [-0.1, -0.05) is 31.5 Å². The van der Waals surface area contributed by atoms with Crippen molar-refractivity contribution in [3.8, 4) is 0 Å². The Kier molecular flexibility index (Phi) is 8.62. The van der Waals surface area contributed by atoms with E-state index in [2.05, 4.69) is 22.3 Å². The molecule has 0 aromatic heterocycles. The molecule has 2 rings (SSSR count). The highest BCUT2D eigenvalue weighted by molar-refractivity contribution is 7.92. The quantitative estimate of drug-likeness (QED) is 0.521. The normalized spacial score (nSPS) is 12.1. The van der Waals surface area contributed by atoms with E-state index in [4.69, 9.17) is 0 Å². The van der Waals surface area contributed by atoms with Gasteiger partial charge in [-0.15, -0.1) is 0 Å².